The van der Waals surface area contributed by atoms with Crippen LogP contribution < -0.4 is 10.6 Å². The monoisotopic (exact) mass is 334 g/mol. The van der Waals surface area contributed by atoms with Gasteiger partial charge in [0.15, 0.2) is 0 Å². The predicted octanol–water partition coefficient (Wildman–Crippen LogP) is 1.61. The third kappa shape index (κ3) is 4.95. The van der Waals surface area contributed by atoms with Crippen molar-refractivity contribution in [2.45, 2.75) is 12.8 Å². The van der Waals surface area contributed by atoms with Crippen LogP contribution in [0.5, 0.6) is 0 Å². The standard InChI is InChI=1S/C16H19ClN4O2/c1-21-6-4-11(5-7-21)10-19-15(22)16(23)20-14-8-13(17)3-2-12(14)9-18/h2-3,8,11H,4-7,10H2,1H3,(H,19,22)(H,20,23). The highest BCUT2D eigenvalue weighted by Gasteiger charge is 2.20. The van der Waals surface area contributed by atoms with E-state index in [9.17, 15) is 9.59 Å². The second-order valence-corrected chi connectivity index (χ2v) is 6.15. The van der Waals surface area contributed by atoms with Gasteiger partial charge in [-0.1, -0.05) is 11.6 Å². The summed E-state index contributed by atoms with van der Waals surface area (Å²) in [5.41, 5.74) is 0.491. The first-order valence-corrected chi connectivity index (χ1v) is 7.84. The lowest BCUT2D eigenvalue weighted by atomic mass is 9.97. The number of likely N-dealkylation sites (tertiary alicyclic amines) is 1. The van der Waals surface area contributed by atoms with E-state index in [-0.39, 0.29) is 11.3 Å². The fourth-order valence-corrected chi connectivity index (χ4v) is 2.65. The van der Waals surface area contributed by atoms with E-state index in [0.717, 1.165) is 25.9 Å². The highest BCUT2D eigenvalue weighted by atomic mass is 35.5. The average molecular weight is 335 g/mol. The molecule has 0 atom stereocenters. The Labute approximate surface area is 140 Å². The number of benzene rings is 1. The third-order valence-electron chi connectivity index (χ3n) is 3.95. The molecule has 0 aliphatic carbocycles. The van der Waals surface area contributed by atoms with Crippen LogP contribution in [0, 0.1) is 17.2 Å². The molecule has 1 aliphatic rings. The molecule has 1 fully saturated rings. The Balaban J connectivity index is 1.87. The molecule has 1 heterocycles. The van der Waals surface area contributed by atoms with Crippen LogP contribution in [-0.4, -0.2) is 43.4 Å². The molecule has 0 unspecified atom stereocenters. The second-order valence-electron chi connectivity index (χ2n) is 5.71. The maximum atomic E-state index is 11.9. The van der Waals surface area contributed by atoms with Crippen LogP contribution in [0.25, 0.3) is 0 Å². The Morgan fingerprint density at radius 1 is 1.35 bits per heavy atom. The number of halogens is 1. The van der Waals surface area contributed by atoms with Gasteiger partial charge in [-0.3, -0.25) is 9.59 Å². The maximum absolute atomic E-state index is 11.9. The van der Waals surface area contributed by atoms with E-state index in [2.05, 4.69) is 22.6 Å². The molecule has 2 N–H and O–H groups in total. The Hall–Kier alpha value is -2.10. The van der Waals surface area contributed by atoms with E-state index < -0.39 is 11.8 Å². The van der Waals surface area contributed by atoms with Crippen molar-refractivity contribution in [3.8, 4) is 6.07 Å². The van der Waals surface area contributed by atoms with Crippen LogP contribution >= 0.6 is 11.6 Å². The number of carbonyl (C=O) groups is 2. The van der Waals surface area contributed by atoms with Crippen LogP contribution in [0.1, 0.15) is 18.4 Å². The van der Waals surface area contributed by atoms with Crippen LogP contribution in [-0.2, 0) is 9.59 Å². The fourth-order valence-electron chi connectivity index (χ4n) is 2.48. The summed E-state index contributed by atoms with van der Waals surface area (Å²) in [6.07, 6.45) is 2.01. The van der Waals surface area contributed by atoms with E-state index in [4.69, 9.17) is 16.9 Å². The minimum Gasteiger partial charge on any atom is -0.348 e. The molecule has 1 saturated heterocycles. The highest BCUT2D eigenvalue weighted by molar-refractivity contribution is 6.40. The fraction of sp³-hybridized carbons (Fsp3) is 0.438. The minimum atomic E-state index is -0.795. The van der Waals surface area contributed by atoms with Crippen LogP contribution in [0.15, 0.2) is 18.2 Å². The summed E-state index contributed by atoms with van der Waals surface area (Å²) in [6, 6.07) is 6.44. The molecule has 6 nitrogen and oxygen atoms in total. The van der Waals surface area contributed by atoms with E-state index in [1.807, 2.05) is 6.07 Å². The number of nitrogens with one attached hydrogen (secondary N) is 2. The van der Waals surface area contributed by atoms with E-state index in [1.165, 1.54) is 12.1 Å². The maximum Gasteiger partial charge on any atom is 0.313 e. The summed E-state index contributed by atoms with van der Waals surface area (Å²) in [4.78, 5) is 26.1. The van der Waals surface area contributed by atoms with Gasteiger partial charge >= 0.3 is 11.8 Å². The summed E-state index contributed by atoms with van der Waals surface area (Å²) < 4.78 is 0. The van der Waals surface area contributed by atoms with Gasteiger partial charge in [0.1, 0.15) is 6.07 Å². The van der Waals surface area contributed by atoms with E-state index >= 15 is 0 Å². The lowest BCUT2D eigenvalue weighted by Crippen LogP contribution is -2.41. The second kappa shape index (κ2) is 7.95. The summed E-state index contributed by atoms with van der Waals surface area (Å²) in [6.45, 7) is 2.49. The van der Waals surface area contributed by atoms with Gasteiger partial charge in [-0.05, 0) is 57.1 Å². The molecule has 7 heteroatoms. The molecule has 1 aliphatic heterocycles. The smallest absolute Gasteiger partial charge is 0.313 e. The van der Waals surface area contributed by atoms with Gasteiger partial charge in [-0.25, -0.2) is 0 Å². The first-order chi connectivity index (χ1) is 11.0. The summed E-state index contributed by atoms with van der Waals surface area (Å²) in [5.74, 6) is -1.10. The predicted molar refractivity (Wildman–Crippen MR) is 88.0 cm³/mol. The lowest BCUT2D eigenvalue weighted by Gasteiger charge is -2.28. The van der Waals surface area contributed by atoms with Crippen LogP contribution in [0.3, 0.4) is 0 Å². The van der Waals surface area contributed by atoms with Crippen molar-refractivity contribution in [3.63, 3.8) is 0 Å². The largest absolute Gasteiger partial charge is 0.348 e. The Morgan fingerprint density at radius 2 is 2.04 bits per heavy atom. The molecule has 122 valence electrons. The number of anilines is 1. The summed E-state index contributed by atoms with van der Waals surface area (Å²) in [5, 5.41) is 14.5. The first-order valence-electron chi connectivity index (χ1n) is 7.47. The van der Waals surface area contributed by atoms with Gasteiger partial charge in [-0.15, -0.1) is 0 Å². The molecule has 0 bridgehead atoms. The number of hydrogen-bond donors (Lipinski definition) is 2. The molecular weight excluding hydrogens is 316 g/mol. The number of nitriles is 1. The zero-order chi connectivity index (χ0) is 16.8. The molecule has 2 amide bonds. The van der Waals surface area contributed by atoms with Crippen LogP contribution in [0.2, 0.25) is 5.02 Å². The zero-order valence-electron chi connectivity index (χ0n) is 12.9. The van der Waals surface area contributed by atoms with Crippen molar-refractivity contribution in [2.75, 3.05) is 32.0 Å². The molecular formula is C16H19ClN4O2. The number of hydrogen-bond acceptors (Lipinski definition) is 4. The average Bonchev–Trinajstić information content (AvgIpc) is 2.54. The minimum absolute atomic E-state index is 0.236. The summed E-state index contributed by atoms with van der Waals surface area (Å²) in [7, 11) is 2.07. The van der Waals surface area contributed by atoms with Gasteiger partial charge in [-0.2, -0.15) is 5.26 Å². The van der Waals surface area contributed by atoms with Crippen LogP contribution in [0.4, 0.5) is 5.69 Å². The Kier molecular flexibility index (Phi) is 5.97. The van der Waals surface area contributed by atoms with Gasteiger partial charge in [0, 0.05) is 11.6 Å². The van der Waals surface area contributed by atoms with Crippen molar-refractivity contribution < 1.29 is 9.59 Å². The molecule has 0 saturated carbocycles. The molecule has 0 radical (unpaired) electrons. The number of rotatable bonds is 3. The Morgan fingerprint density at radius 3 is 2.70 bits per heavy atom. The number of nitrogens with zero attached hydrogens (tertiary/aromatic N) is 2. The van der Waals surface area contributed by atoms with E-state index in [0.29, 0.717) is 17.5 Å². The summed E-state index contributed by atoms with van der Waals surface area (Å²) >= 11 is 5.85. The van der Waals surface area contributed by atoms with Crippen molar-refractivity contribution >= 4 is 29.1 Å². The quantitative estimate of drug-likeness (QED) is 0.822. The highest BCUT2D eigenvalue weighted by Crippen LogP contribution is 2.20. The first kappa shape index (κ1) is 17.3. The van der Waals surface area contributed by atoms with Crippen molar-refractivity contribution in [1.29, 1.82) is 5.26 Å². The normalized spacial score (nSPS) is 15.7. The lowest BCUT2D eigenvalue weighted by molar-refractivity contribution is -0.136. The van der Waals surface area contributed by atoms with Gasteiger partial charge in [0.2, 0.25) is 0 Å². The SMILES string of the molecule is CN1CCC(CNC(=O)C(=O)Nc2cc(Cl)ccc2C#N)CC1. The topological polar surface area (TPSA) is 85.2 Å². The van der Waals surface area contributed by atoms with Crippen molar-refractivity contribution in [1.82, 2.24) is 10.2 Å². The molecule has 0 aromatic heterocycles. The van der Waals surface area contributed by atoms with E-state index in [1.54, 1.807) is 6.07 Å². The van der Waals surface area contributed by atoms with Gasteiger partial charge in [0.05, 0.1) is 11.3 Å². The number of amides is 2. The molecule has 0 spiro atoms. The third-order valence-corrected chi connectivity index (χ3v) is 4.18. The molecule has 23 heavy (non-hydrogen) atoms. The zero-order valence-corrected chi connectivity index (χ0v) is 13.7. The van der Waals surface area contributed by atoms with Crippen molar-refractivity contribution in [2.24, 2.45) is 5.92 Å². The molecule has 1 aromatic carbocycles. The van der Waals surface area contributed by atoms with Gasteiger partial charge in [0.25, 0.3) is 0 Å². The number of carbonyl (C=O) groups excluding carboxylic acids is 2. The number of piperidine rings is 1. The molecule has 1 aromatic rings. The molecule has 2 rings (SSSR count). The Bertz CT molecular complexity index is 633. The van der Waals surface area contributed by atoms with Crippen molar-refractivity contribution in [3.05, 3.63) is 28.8 Å². The van der Waals surface area contributed by atoms with Gasteiger partial charge < -0.3 is 15.5 Å².